The normalized spacial score (nSPS) is 20.8. The smallest absolute Gasteiger partial charge is 0.00413 e. The van der Waals surface area contributed by atoms with Crippen molar-refractivity contribution >= 4 is 0 Å². The van der Waals surface area contributed by atoms with Crippen molar-refractivity contribution in [3.63, 3.8) is 0 Å². The van der Waals surface area contributed by atoms with Gasteiger partial charge in [-0.05, 0) is 32.2 Å². The summed E-state index contributed by atoms with van der Waals surface area (Å²) < 4.78 is 0. The summed E-state index contributed by atoms with van der Waals surface area (Å²) in [7, 11) is 0. The third kappa shape index (κ3) is 4.66. The Morgan fingerprint density at radius 2 is 2.00 bits per heavy atom. The van der Waals surface area contributed by atoms with Gasteiger partial charge in [0.25, 0.3) is 0 Å². The first-order chi connectivity index (χ1) is 6.33. The fourth-order valence-corrected chi connectivity index (χ4v) is 2.35. The summed E-state index contributed by atoms with van der Waals surface area (Å²) in [4.78, 5) is 0. The molecule has 0 amide bonds. The van der Waals surface area contributed by atoms with Gasteiger partial charge in [0.05, 0.1) is 0 Å². The number of hydrogen-bond acceptors (Lipinski definition) is 1. The van der Waals surface area contributed by atoms with E-state index < -0.39 is 0 Å². The van der Waals surface area contributed by atoms with E-state index in [-0.39, 0.29) is 0 Å². The quantitative estimate of drug-likeness (QED) is 0.623. The molecule has 1 rings (SSSR count). The molecule has 0 aromatic rings. The van der Waals surface area contributed by atoms with E-state index in [9.17, 15) is 0 Å². The SMILES string of the molecule is CCCCNC(C)CC1CCCC1. The maximum absolute atomic E-state index is 3.61. The third-order valence-electron chi connectivity index (χ3n) is 3.18. The zero-order valence-corrected chi connectivity index (χ0v) is 9.31. The molecule has 1 aliphatic rings. The summed E-state index contributed by atoms with van der Waals surface area (Å²) >= 11 is 0. The Balaban J connectivity index is 1.99. The van der Waals surface area contributed by atoms with E-state index in [1.165, 1.54) is 51.5 Å². The molecule has 0 bridgehead atoms. The number of rotatable bonds is 6. The van der Waals surface area contributed by atoms with Crippen LogP contribution >= 0.6 is 0 Å². The molecule has 0 aliphatic heterocycles. The minimum Gasteiger partial charge on any atom is -0.314 e. The average molecular weight is 183 g/mol. The maximum Gasteiger partial charge on any atom is 0.00413 e. The molecule has 0 aromatic carbocycles. The predicted octanol–water partition coefficient (Wildman–Crippen LogP) is 3.34. The Kier molecular flexibility index (Phi) is 5.45. The topological polar surface area (TPSA) is 12.0 Å². The second-order valence-corrected chi connectivity index (χ2v) is 4.59. The zero-order valence-electron chi connectivity index (χ0n) is 9.31. The molecule has 1 aliphatic carbocycles. The van der Waals surface area contributed by atoms with Crippen LogP contribution in [0.4, 0.5) is 0 Å². The Hall–Kier alpha value is -0.0400. The van der Waals surface area contributed by atoms with Gasteiger partial charge >= 0.3 is 0 Å². The van der Waals surface area contributed by atoms with Gasteiger partial charge in [-0.15, -0.1) is 0 Å². The molecule has 1 nitrogen and oxygen atoms in total. The van der Waals surface area contributed by atoms with Crippen molar-refractivity contribution in [2.45, 2.75) is 64.8 Å². The lowest BCUT2D eigenvalue weighted by Gasteiger charge is -2.17. The van der Waals surface area contributed by atoms with Gasteiger partial charge in [0.2, 0.25) is 0 Å². The van der Waals surface area contributed by atoms with Crippen molar-refractivity contribution in [3.8, 4) is 0 Å². The highest BCUT2D eigenvalue weighted by Crippen LogP contribution is 2.28. The lowest BCUT2D eigenvalue weighted by Crippen LogP contribution is -2.28. The monoisotopic (exact) mass is 183 g/mol. The van der Waals surface area contributed by atoms with Crippen molar-refractivity contribution in [2.75, 3.05) is 6.54 Å². The van der Waals surface area contributed by atoms with E-state index in [4.69, 9.17) is 0 Å². The summed E-state index contributed by atoms with van der Waals surface area (Å²) in [6.45, 7) is 5.81. The molecule has 0 heterocycles. The van der Waals surface area contributed by atoms with Crippen molar-refractivity contribution in [2.24, 2.45) is 5.92 Å². The molecule has 1 N–H and O–H groups in total. The van der Waals surface area contributed by atoms with Crippen molar-refractivity contribution in [1.82, 2.24) is 5.32 Å². The van der Waals surface area contributed by atoms with Gasteiger partial charge in [-0.3, -0.25) is 0 Å². The maximum atomic E-state index is 3.61. The summed E-state index contributed by atoms with van der Waals surface area (Å²) in [5, 5.41) is 3.61. The van der Waals surface area contributed by atoms with Gasteiger partial charge in [0.1, 0.15) is 0 Å². The zero-order chi connectivity index (χ0) is 9.52. The second kappa shape index (κ2) is 6.42. The Morgan fingerprint density at radius 1 is 1.31 bits per heavy atom. The van der Waals surface area contributed by atoms with E-state index >= 15 is 0 Å². The predicted molar refractivity (Wildman–Crippen MR) is 58.9 cm³/mol. The lowest BCUT2D eigenvalue weighted by molar-refractivity contribution is 0.403. The molecule has 0 saturated heterocycles. The molecule has 13 heavy (non-hydrogen) atoms. The fourth-order valence-electron chi connectivity index (χ4n) is 2.35. The molecular weight excluding hydrogens is 158 g/mol. The highest BCUT2D eigenvalue weighted by Gasteiger charge is 2.16. The molecule has 1 atom stereocenters. The van der Waals surface area contributed by atoms with Gasteiger partial charge in [0, 0.05) is 6.04 Å². The first-order valence-electron chi connectivity index (χ1n) is 6.06. The van der Waals surface area contributed by atoms with Crippen molar-refractivity contribution in [1.29, 1.82) is 0 Å². The first kappa shape index (κ1) is 11.0. The van der Waals surface area contributed by atoms with Crippen LogP contribution in [0.5, 0.6) is 0 Å². The second-order valence-electron chi connectivity index (χ2n) is 4.59. The van der Waals surface area contributed by atoms with E-state index in [1.807, 2.05) is 0 Å². The van der Waals surface area contributed by atoms with Gasteiger partial charge in [-0.1, -0.05) is 39.0 Å². The van der Waals surface area contributed by atoms with Gasteiger partial charge in [-0.2, -0.15) is 0 Å². The Morgan fingerprint density at radius 3 is 2.62 bits per heavy atom. The van der Waals surface area contributed by atoms with Crippen LogP contribution in [0.25, 0.3) is 0 Å². The van der Waals surface area contributed by atoms with Gasteiger partial charge < -0.3 is 5.32 Å². The average Bonchev–Trinajstić information content (AvgIpc) is 2.57. The van der Waals surface area contributed by atoms with Crippen LogP contribution in [0.3, 0.4) is 0 Å². The van der Waals surface area contributed by atoms with Crippen LogP contribution in [0.2, 0.25) is 0 Å². The minimum absolute atomic E-state index is 0.745. The van der Waals surface area contributed by atoms with Crippen molar-refractivity contribution in [3.05, 3.63) is 0 Å². The van der Waals surface area contributed by atoms with E-state index in [2.05, 4.69) is 19.2 Å². The highest BCUT2D eigenvalue weighted by molar-refractivity contribution is 4.72. The standard InChI is InChI=1S/C12H25N/c1-3-4-9-13-11(2)10-12-7-5-6-8-12/h11-13H,3-10H2,1-2H3. The molecule has 0 aromatic heterocycles. The summed E-state index contributed by atoms with van der Waals surface area (Å²) in [6.07, 6.45) is 9.97. The molecule has 0 spiro atoms. The summed E-state index contributed by atoms with van der Waals surface area (Å²) in [5.41, 5.74) is 0. The summed E-state index contributed by atoms with van der Waals surface area (Å²) in [6, 6.07) is 0.745. The molecule has 1 heteroatoms. The Bertz CT molecular complexity index is 116. The largest absolute Gasteiger partial charge is 0.314 e. The fraction of sp³-hybridized carbons (Fsp3) is 1.00. The lowest BCUT2D eigenvalue weighted by atomic mass is 9.99. The van der Waals surface area contributed by atoms with E-state index in [0.29, 0.717) is 0 Å². The molecule has 0 radical (unpaired) electrons. The molecule has 1 unspecified atom stereocenters. The number of hydrogen-bond donors (Lipinski definition) is 1. The van der Waals surface area contributed by atoms with E-state index in [1.54, 1.807) is 0 Å². The van der Waals surface area contributed by atoms with Crippen LogP contribution in [0, 0.1) is 5.92 Å². The number of unbranched alkanes of at least 4 members (excludes halogenated alkanes) is 1. The van der Waals surface area contributed by atoms with Crippen molar-refractivity contribution < 1.29 is 0 Å². The molecular formula is C12H25N. The van der Waals surface area contributed by atoms with Crippen LogP contribution in [-0.4, -0.2) is 12.6 Å². The Labute approximate surface area is 83.3 Å². The minimum atomic E-state index is 0.745. The van der Waals surface area contributed by atoms with Gasteiger partial charge in [-0.25, -0.2) is 0 Å². The van der Waals surface area contributed by atoms with Crippen LogP contribution in [0.15, 0.2) is 0 Å². The third-order valence-corrected chi connectivity index (χ3v) is 3.18. The highest BCUT2D eigenvalue weighted by atomic mass is 14.9. The first-order valence-corrected chi connectivity index (χ1v) is 6.06. The number of nitrogens with one attached hydrogen (secondary N) is 1. The molecule has 1 saturated carbocycles. The van der Waals surface area contributed by atoms with Crippen LogP contribution in [-0.2, 0) is 0 Å². The van der Waals surface area contributed by atoms with Crippen LogP contribution in [0.1, 0.15) is 58.8 Å². The summed E-state index contributed by atoms with van der Waals surface area (Å²) in [5.74, 6) is 1.03. The molecule has 1 fully saturated rings. The molecule has 78 valence electrons. The van der Waals surface area contributed by atoms with E-state index in [0.717, 1.165) is 12.0 Å². The van der Waals surface area contributed by atoms with Crippen LogP contribution < -0.4 is 5.32 Å². The van der Waals surface area contributed by atoms with Gasteiger partial charge in [0.15, 0.2) is 0 Å².